The van der Waals surface area contributed by atoms with Crippen molar-refractivity contribution in [2.24, 2.45) is 0 Å². The van der Waals surface area contributed by atoms with Gasteiger partial charge in [-0.1, -0.05) is 56.0 Å². The number of halogens is 3. The van der Waals surface area contributed by atoms with Gasteiger partial charge < -0.3 is 10.1 Å². The Morgan fingerprint density at radius 1 is 1.18 bits per heavy atom. The Kier molecular flexibility index (Phi) is 8.38. The minimum atomic E-state index is -4.56. The Morgan fingerprint density at radius 2 is 1.88 bits per heavy atom. The number of nitrogens with zero attached hydrogens (tertiary/aromatic N) is 3. The number of carbonyl (C=O) groups is 1. The molecule has 0 radical (unpaired) electrons. The first-order valence-electron chi connectivity index (χ1n) is 10.5. The number of benzene rings is 2. The SMILES string of the molecule is C=CCn1c(COc2ccc(C(C)C)cc2)nnc1SCC(=O)Nc1ccccc1C(F)(F)F. The van der Waals surface area contributed by atoms with Crippen molar-refractivity contribution in [3.63, 3.8) is 0 Å². The predicted molar refractivity (Wildman–Crippen MR) is 126 cm³/mol. The third kappa shape index (κ3) is 6.63. The Bertz CT molecular complexity index is 1130. The minimum absolute atomic E-state index is 0.140. The molecule has 3 aromatic rings. The Labute approximate surface area is 200 Å². The van der Waals surface area contributed by atoms with Crippen LogP contribution in [-0.2, 0) is 24.1 Å². The van der Waals surface area contributed by atoms with E-state index in [0.29, 0.717) is 29.2 Å². The second kappa shape index (κ2) is 11.2. The van der Waals surface area contributed by atoms with Crippen molar-refractivity contribution >= 4 is 23.4 Å². The lowest BCUT2D eigenvalue weighted by Crippen LogP contribution is -2.18. The van der Waals surface area contributed by atoms with E-state index in [9.17, 15) is 18.0 Å². The maximum atomic E-state index is 13.1. The predicted octanol–water partition coefficient (Wildman–Crippen LogP) is 5.92. The van der Waals surface area contributed by atoms with E-state index in [2.05, 4.69) is 35.9 Å². The average molecular weight is 491 g/mol. The normalized spacial score (nSPS) is 11.5. The van der Waals surface area contributed by atoms with Gasteiger partial charge in [0.05, 0.1) is 17.0 Å². The van der Waals surface area contributed by atoms with Crippen LogP contribution in [0, 0.1) is 0 Å². The van der Waals surface area contributed by atoms with Crippen molar-refractivity contribution in [2.45, 2.75) is 44.2 Å². The lowest BCUT2D eigenvalue weighted by molar-refractivity contribution is -0.137. The summed E-state index contributed by atoms with van der Waals surface area (Å²) in [4.78, 5) is 12.3. The number of amides is 1. The average Bonchev–Trinajstić information content (AvgIpc) is 3.18. The lowest BCUT2D eigenvalue weighted by atomic mass is 10.0. The fourth-order valence-electron chi connectivity index (χ4n) is 3.10. The van der Waals surface area contributed by atoms with Gasteiger partial charge in [0.2, 0.25) is 5.91 Å². The molecule has 0 aliphatic heterocycles. The largest absolute Gasteiger partial charge is 0.486 e. The van der Waals surface area contributed by atoms with E-state index < -0.39 is 17.6 Å². The van der Waals surface area contributed by atoms with Crippen LogP contribution in [0.5, 0.6) is 5.75 Å². The first-order chi connectivity index (χ1) is 16.2. The first-order valence-corrected chi connectivity index (χ1v) is 11.5. The molecule has 0 aliphatic carbocycles. The van der Waals surface area contributed by atoms with Crippen molar-refractivity contribution in [2.75, 3.05) is 11.1 Å². The fraction of sp³-hybridized carbons (Fsp3) is 0.292. The third-order valence-electron chi connectivity index (χ3n) is 4.86. The zero-order valence-electron chi connectivity index (χ0n) is 18.8. The van der Waals surface area contributed by atoms with Gasteiger partial charge in [0.1, 0.15) is 12.4 Å². The molecule has 1 aromatic heterocycles. The number of rotatable bonds is 10. The van der Waals surface area contributed by atoms with Crippen LogP contribution in [0.4, 0.5) is 18.9 Å². The van der Waals surface area contributed by atoms with Gasteiger partial charge >= 0.3 is 6.18 Å². The van der Waals surface area contributed by atoms with E-state index in [0.717, 1.165) is 17.8 Å². The van der Waals surface area contributed by atoms with Crippen LogP contribution in [0.2, 0.25) is 0 Å². The monoisotopic (exact) mass is 490 g/mol. The molecule has 0 spiro atoms. The molecule has 3 rings (SSSR count). The summed E-state index contributed by atoms with van der Waals surface area (Å²) < 4.78 is 47.0. The molecule has 0 unspecified atom stereocenters. The molecular formula is C24H25F3N4O2S. The number of alkyl halides is 3. The van der Waals surface area contributed by atoms with Crippen molar-refractivity contribution in [1.82, 2.24) is 14.8 Å². The van der Waals surface area contributed by atoms with Crippen LogP contribution in [0.1, 0.15) is 36.7 Å². The van der Waals surface area contributed by atoms with Gasteiger partial charge in [-0.15, -0.1) is 16.8 Å². The van der Waals surface area contributed by atoms with Gasteiger partial charge in [0.25, 0.3) is 0 Å². The molecule has 180 valence electrons. The number of nitrogens with one attached hydrogen (secondary N) is 1. The smallest absolute Gasteiger partial charge is 0.418 e. The molecule has 6 nitrogen and oxygen atoms in total. The van der Waals surface area contributed by atoms with Gasteiger partial charge in [0, 0.05) is 6.54 Å². The van der Waals surface area contributed by atoms with E-state index in [-0.39, 0.29) is 18.0 Å². The number of carbonyl (C=O) groups excluding carboxylic acids is 1. The van der Waals surface area contributed by atoms with E-state index in [4.69, 9.17) is 4.74 Å². The summed E-state index contributed by atoms with van der Waals surface area (Å²) in [5, 5.41) is 11.0. The second-order valence-corrected chi connectivity index (χ2v) is 8.63. The summed E-state index contributed by atoms with van der Waals surface area (Å²) in [5.41, 5.74) is 0.0202. The summed E-state index contributed by atoms with van der Waals surface area (Å²) in [5.74, 6) is 0.924. The van der Waals surface area contributed by atoms with E-state index in [1.165, 1.54) is 23.8 Å². The number of para-hydroxylation sites is 1. The third-order valence-corrected chi connectivity index (χ3v) is 5.83. The molecule has 34 heavy (non-hydrogen) atoms. The molecule has 0 saturated heterocycles. The summed E-state index contributed by atoms with van der Waals surface area (Å²) in [6.07, 6.45) is -2.90. The quantitative estimate of drug-likeness (QED) is 0.282. The van der Waals surface area contributed by atoms with Crippen LogP contribution >= 0.6 is 11.8 Å². The number of aromatic nitrogens is 3. The molecule has 0 saturated carbocycles. The minimum Gasteiger partial charge on any atom is -0.486 e. The Hall–Kier alpha value is -3.27. The molecule has 2 aromatic carbocycles. The van der Waals surface area contributed by atoms with Crippen LogP contribution in [0.3, 0.4) is 0 Å². The zero-order valence-corrected chi connectivity index (χ0v) is 19.6. The van der Waals surface area contributed by atoms with Gasteiger partial charge in [-0.2, -0.15) is 13.2 Å². The molecule has 10 heteroatoms. The molecule has 1 N–H and O–H groups in total. The molecule has 0 bridgehead atoms. The number of hydrogen-bond donors (Lipinski definition) is 1. The van der Waals surface area contributed by atoms with Crippen molar-refractivity contribution in [3.05, 3.63) is 78.1 Å². The number of allylic oxidation sites excluding steroid dienone is 1. The van der Waals surface area contributed by atoms with Gasteiger partial charge in [-0.3, -0.25) is 9.36 Å². The van der Waals surface area contributed by atoms with Crippen LogP contribution < -0.4 is 10.1 Å². The van der Waals surface area contributed by atoms with Crippen LogP contribution in [0.15, 0.2) is 66.3 Å². The molecule has 0 aliphatic rings. The van der Waals surface area contributed by atoms with Crippen molar-refractivity contribution < 1.29 is 22.7 Å². The molecule has 1 amide bonds. The first kappa shape index (κ1) is 25.4. The number of thioether (sulfide) groups is 1. The van der Waals surface area contributed by atoms with E-state index >= 15 is 0 Å². The summed E-state index contributed by atoms with van der Waals surface area (Å²) in [7, 11) is 0. The molecule has 0 atom stereocenters. The van der Waals surface area contributed by atoms with E-state index in [1.807, 2.05) is 24.3 Å². The summed E-state index contributed by atoms with van der Waals surface area (Å²) in [6, 6.07) is 12.6. The number of ether oxygens (including phenoxy) is 1. The summed E-state index contributed by atoms with van der Waals surface area (Å²) in [6.45, 7) is 8.51. The summed E-state index contributed by atoms with van der Waals surface area (Å²) >= 11 is 1.07. The van der Waals surface area contributed by atoms with Gasteiger partial charge in [-0.25, -0.2) is 0 Å². The van der Waals surface area contributed by atoms with Crippen LogP contribution in [-0.4, -0.2) is 26.4 Å². The van der Waals surface area contributed by atoms with Crippen LogP contribution in [0.25, 0.3) is 0 Å². The Balaban J connectivity index is 1.63. The molecular weight excluding hydrogens is 465 g/mol. The Morgan fingerprint density at radius 3 is 2.53 bits per heavy atom. The highest BCUT2D eigenvalue weighted by Gasteiger charge is 2.33. The topological polar surface area (TPSA) is 69.0 Å². The zero-order chi connectivity index (χ0) is 24.7. The highest BCUT2D eigenvalue weighted by atomic mass is 32.2. The standard InChI is InChI=1S/C24H25F3N4O2S/c1-4-13-31-21(14-33-18-11-9-17(10-12-18)16(2)3)29-30-23(31)34-15-22(32)28-20-8-6-5-7-19(20)24(25,26)27/h4-12,16H,1,13-15H2,2-3H3,(H,28,32). The van der Waals surface area contributed by atoms with Crippen molar-refractivity contribution in [1.29, 1.82) is 0 Å². The van der Waals surface area contributed by atoms with Crippen molar-refractivity contribution in [3.8, 4) is 5.75 Å². The highest BCUT2D eigenvalue weighted by Crippen LogP contribution is 2.34. The maximum absolute atomic E-state index is 13.1. The van der Waals surface area contributed by atoms with E-state index in [1.54, 1.807) is 10.6 Å². The van der Waals surface area contributed by atoms with Gasteiger partial charge in [-0.05, 0) is 35.7 Å². The lowest BCUT2D eigenvalue weighted by Gasteiger charge is -2.13. The second-order valence-electron chi connectivity index (χ2n) is 7.69. The molecule has 1 heterocycles. The number of anilines is 1. The molecule has 0 fully saturated rings. The maximum Gasteiger partial charge on any atom is 0.418 e. The highest BCUT2D eigenvalue weighted by molar-refractivity contribution is 7.99. The van der Waals surface area contributed by atoms with Gasteiger partial charge in [0.15, 0.2) is 11.0 Å². The number of hydrogen-bond acceptors (Lipinski definition) is 5. The fourth-order valence-corrected chi connectivity index (χ4v) is 3.86.